The number of carboxylic acid groups (broad SMARTS) is 1. The first-order valence-corrected chi connectivity index (χ1v) is 21.4. The molecular weight excluding hydrogens is 666 g/mol. The van der Waals surface area contributed by atoms with Crippen LogP contribution in [0.15, 0.2) is 12.2 Å². The number of ether oxygens (including phenoxy) is 2. The zero-order valence-electron chi connectivity index (χ0n) is 34.4. The summed E-state index contributed by atoms with van der Waals surface area (Å²) in [6.07, 6.45) is 18.9. The van der Waals surface area contributed by atoms with Gasteiger partial charge in [-0.05, 0) is 128 Å². The monoisotopic (exact) mass is 740 g/mol. The molecule has 8 nitrogen and oxygen atoms in total. The fourth-order valence-electron chi connectivity index (χ4n) is 14.0. The van der Waals surface area contributed by atoms with Crippen LogP contribution in [-0.2, 0) is 28.7 Å². The van der Waals surface area contributed by atoms with Crippen molar-refractivity contribution in [3.05, 3.63) is 12.2 Å². The fourth-order valence-corrected chi connectivity index (χ4v) is 14.0. The van der Waals surface area contributed by atoms with Gasteiger partial charge in [0.25, 0.3) is 0 Å². The molecule has 8 heteroatoms. The minimum atomic E-state index is -0.708. The number of carboxylic acids is 1. The van der Waals surface area contributed by atoms with Gasteiger partial charge < -0.3 is 19.9 Å². The Labute approximate surface area is 320 Å². The fraction of sp³-hybridized carbons (Fsp3) is 0.867. The maximum atomic E-state index is 14.6. The summed E-state index contributed by atoms with van der Waals surface area (Å²) in [7, 11) is 0. The Balaban J connectivity index is 1.30. The third-order valence-corrected chi connectivity index (χ3v) is 16.7. The molecule has 5 aliphatic rings. The number of fused-ring (bicyclic) bond motifs is 7. The Hall–Kier alpha value is -2.38. The van der Waals surface area contributed by atoms with E-state index < -0.39 is 11.4 Å². The number of hydrogen-bond donors (Lipinski definition) is 2. The highest BCUT2D eigenvalue weighted by atomic mass is 16.5. The van der Waals surface area contributed by atoms with E-state index in [0.717, 1.165) is 121 Å². The molecule has 10 atom stereocenters. The smallest absolute Gasteiger partial charge is 0.303 e. The average molecular weight is 740 g/mol. The van der Waals surface area contributed by atoms with E-state index >= 15 is 0 Å². The van der Waals surface area contributed by atoms with Crippen molar-refractivity contribution in [2.75, 3.05) is 13.2 Å². The summed E-state index contributed by atoms with van der Waals surface area (Å²) in [4.78, 5) is 49.3. The number of carbonyl (C=O) groups is 4. The molecule has 5 fully saturated rings. The predicted octanol–water partition coefficient (Wildman–Crippen LogP) is 9.83. The molecule has 300 valence electrons. The van der Waals surface area contributed by atoms with Crippen molar-refractivity contribution in [1.29, 1.82) is 0 Å². The van der Waals surface area contributed by atoms with Crippen LogP contribution in [0.3, 0.4) is 0 Å². The van der Waals surface area contributed by atoms with E-state index in [9.17, 15) is 19.2 Å². The van der Waals surface area contributed by atoms with Crippen LogP contribution in [0.5, 0.6) is 0 Å². The molecule has 2 N–H and O–H groups in total. The lowest BCUT2D eigenvalue weighted by molar-refractivity contribution is -0.249. The van der Waals surface area contributed by atoms with Gasteiger partial charge in [-0.3, -0.25) is 19.2 Å². The number of unbranched alkanes of at least 4 members (excludes halogenated alkanes) is 7. The number of carbonyl (C=O) groups excluding carboxylic acids is 3. The zero-order chi connectivity index (χ0) is 38.8. The van der Waals surface area contributed by atoms with Gasteiger partial charge in [-0.15, -0.1) is 0 Å². The van der Waals surface area contributed by atoms with Crippen LogP contribution in [0, 0.1) is 56.7 Å². The van der Waals surface area contributed by atoms with Crippen molar-refractivity contribution >= 4 is 23.8 Å². The molecule has 5 rings (SSSR count). The van der Waals surface area contributed by atoms with E-state index in [-0.39, 0.29) is 70.5 Å². The van der Waals surface area contributed by atoms with Gasteiger partial charge in [0.15, 0.2) is 0 Å². The Morgan fingerprint density at radius 3 is 2.02 bits per heavy atom. The van der Waals surface area contributed by atoms with Crippen molar-refractivity contribution in [3.8, 4) is 0 Å². The number of aliphatic carboxylic acids is 1. The van der Waals surface area contributed by atoms with Crippen molar-refractivity contribution in [2.24, 2.45) is 56.7 Å². The second-order valence-corrected chi connectivity index (χ2v) is 19.6. The topological polar surface area (TPSA) is 119 Å². The number of hydrogen-bond acceptors (Lipinski definition) is 6. The van der Waals surface area contributed by atoms with Gasteiger partial charge in [-0.2, -0.15) is 0 Å². The highest BCUT2D eigenvalue weighted by Gasteiger charge is 2.72. The largest absolute Gasteiger partial charge is 0.481 e. The molecule has 1 amide bonds. The highest BCUT2D eigenvalue weighted by molar-refractivity contribution is 5.84. The maximum absolute atomic E-state index is 14.6. The molecule has 53 heavy (non-hydrogen) atoms. The molecule has 5 saturated carbocycles. The van der Waals surface area contributed by atoms with Crippen LogP contribution >= 0.6 is 0 Å². The maximum Gasteiger partial charge on any atom is 0.303 e. The molecule has 0 saturated heterocycles. The Bertz CT molecular complexity index is 1370. The summed E-state index contributed by atoms with van der Waals surface area (Å²) in [6.45, 7) is 20.9. The average Bonchev–Trinajstić information content (AvgIpc) is 3.48. The first kappa shape index (κ1) is 41.8. The Kier molecular flexibility index (Phi) is 12.9. The van der Waals surface area contributed by atoms with E-state index in [1.165, 1.54) is 6.92 Å². The predicted molar refractivity (Wildman–Crippen MR) is 208 cm³/mol. The van der Waals surface area contributed by atoms with Crippen LogP contribution in [0.2, 0.25) is 0 Å². The van der Waals surface area contributed by atoms with Crippen molar-refractivity contribution < 1.29 is 33.8 Å². The van der Waals surface area contributed by atoms with Gasteiger partial charge in [0.1, 0.15) is 12.7 Å². The lowest BCUT2D eigenvalue weighted by Gasteiger charge is -2.72. The second kappa shape index (κ2) is 16.4. The van der Waals surface area contributed by atoms with E-state index in [0.29, 0.717) is 24.3 Å². The third-order valence-electron chi connectivity index (χ3n) is 16.7. The molecule has 0 aromatic rings. The first-order chi connectivity index (χ1) is 24.9. The third kappa shape index (κ3) is 7.86. The van der Waals surface area contributed by atoms with Crippen LogP contribution in [0.1, 0.15) is 170 Å². The SMILES string of the molecule is C=C(COC(C)=O)[C@@H]1CC[C@]2(C(=O)NCCCCCCCCCCC(=O)O)CC[C@]3(C)[C@H](CCC4[C@@]5(C)CC[C@H](OC(C)=O)C(C)(C)[C@@H]5CC[C@]43C)[C@@H]12. The van der Waals surface area contributed by atoms with Gasteiger partial charge in [0, 0.05) is 32.2 Å². The number of amides is 1. The van der Waals surface area contributed by atoms with Gasteiger partial charge in [0.05, 0.1) is 5.41 Å². The molecule has 0 radical (unpaired) electrons. The van der Waals surface area contributed by atoms with E-state index in [1.54, 1.807) is 6.92 Å². The summed E-state index contributed by atoms with van der Waals surface area (Å²) >= 11 is 0. The van der Waals surface area contributed by atoms with Gasteiger partial charge in [-0.25, -0.2) is 0 Å². The number of nitrogens with one attached hydrogen (secondary N) is 1. The number of esters is 2. The molecule has 0 heterocycles. The molecule has 0 aromatic carbocycles. The Morgan fingerprint density at radius 1 is 0.717 bits per heavy atom. The van der Waals surface area contributed by atoms with Crippen molar-refractivity contribution in [2.45, 2.75) is 177 Å². The molecular formula is C45H73NO7. The summed E-state index contributed by atoms with van der Waals surface area (Å²) in [5.41, 5.74) is 0.855. The van der Waals surface area contributed by atoms with Crippen molar-refractivity contribution in [1.82, 2.24) is 5.32 Å². The van der Waals surface area contributed by atoms with E-state index in [4.69, 9.17) is 14.6 Å². The molecule has 1 unspecified atom stereocenters. The van der Waals surface area contributed by atoms with Gasteiger partial charge in [0.2, 0.25) is 5.91 Å². The minimum absolute atomic E-state index is 0.0347. The Morgan fingerprint density at radius 2 is 1.38 bits per heavy atom. The van der Waals surface area contributed by atoms with Gasteiger partial charge >= 0.3 is 17.9 Å². The summed E-state index contributed by atoms with van der Waals surface area (Å²) in [5, 5.41) is 12.3. The molecule has 0 bridgehead atoms. The summed E-state index contributed by atoms with van der Waals surface area (Å²) in [6, 6.07) is 0. The summed E-state index contributed by atoms with van der Waals surface area (Å²) in [5.74, 6) is 0.869. The van der Waals surface area contributed by atoms with E-state index in [2.05, 4.69) is 46.5 Å². The van der Waals surface area contributed by atoms with Crippen LogP contribution in [-0.4, -0.2) is 48.2 Å². The first-order valence-electron chi connectivity index (χ1n) is 21.4. The molecule has 5 aliphatic carbocycles. The molecule has 0 aliphatic heterocycles. The van der Waals surface area contributed by atoms with Crippen LogP contribution in [0.4, 0.5) is 0 Å². The lowest BCUT2D eigenvalue weighted by Crippen LogP contribution is -2.67. The number of rotatable bonds is 16. The van der Waals surface area contributed by atoms with E-state index in [1.807, 2.05) is 0 Å². The molecule has 0 spiro atoms. The summed E-state index contributed by atoms with van der Waals surface area (Å²) < 4.78 is 11.5. The standard InChI is InChI=1S/C45H73NO7/c1-30(29-52-31(2)47)33-20-25-45(40(51)46-28-16-14-12-10-9-11-13-15-17-38(49)50)27-26-43(7)34(39(33)45)18-19-36-42(6)23-22-37(53-32(3)48)41(4,5)35(42)21-24-44(36,43)8/h33-37,39H,1,9-29H2,2-8H3,(H,46,51)(H,49,50)/t33-,34+,35-,36?,37-,39+,42-,43+,44+,45-/m0/s1. The highest BCUT2D eigenvalue weighted by Crippen LogP contribution is 2.77. The quantitative estimate of drug-likeness (QED) is 0.0919. The zero-order valence-corrected chi connectivity index (χ0v) is 34.4. The van der Waals surface area contributed by atoms with Gasteiger partial charge in [-0.1, -0.05) is 79.7 Å². The molecule has 0 aromatic heterocycles. The van der Waals surface area contributed by atoms with Crippen molar-refractivity contribution in [3.63, 3.8) is 0 Å². The second-order valence-electron chi connectivity index (χ2n) is 19.6. The van der Waals surface area contributed by atoms with Crippen LogP contribution in [0.25, 0.3) is 0 Å². The normalized spacial score (nSPS) is 38.3. The van der Waals surface area contributed by atoms with Crippen LogP contribution < -0.4 is 5.32 Å². The minimum Gasteiger partial charge on any atom is -0.481 e. The lowest BCUT2D eigenvalue weighted by atomic mass is 9.32.